The van der Waals surface area contributed by atoms with Gasteiger partial charge in [0.25, 0.3) is 0 Å². The third-order valence-corrected chi connectivity index (χ3v) is 4.62. The minimum Gasteiger partial charge on any atom is -0.478 e. The third kappa shape index (κ3) is 5.87. The summed E-state index contributed by atoms with van der Waals surface area (Å²) in [5.41, 5.74) is 2.78. The van der Waals surface area contributed by atoms with E-state index in [1.54, 1.807) is 6.07 Å². The van der Waals surface area contributed by atoms with Crippen molar-refractivity contribution in [2.45, 2.75) is 85.0 Å². The minimum atomic E-state index is -0.949. The van der Waals surface area contributed by atoms with E-state index in [9.17, 15) is 19.8 Å². The van der Waals surface area contributed by atoms with E-state index in [-0.39, 0.29) is 0 Å². The van der Waals surface area contributed by atoms with Crippen LogP contribution in [0.5, 0.6) is 0 Å². The van der Waals surface area contributed by atoms with Gasteiger partial charge >= 0.3 is 11.9 Å². The lowest BCUT2D eigenvalue weighted by Crippen LogP contribution is -2.15. The molecule has 0 radical (unpaired) electrons. The van der Waals surface area contributed by atoms with Gasteiger partial charge in [0.05, 0.1) is 11.1 Å². The molecule has 0 aromatic heterocycles. The summed E-state index contributed by atoms with van der Waals surface area (Å²) in [5, 5.41) is 19.4. The second-order valence-corrected chi connectivity index (χ2v) is 6.69. The first-order valence-corrected chi connectivity index (χ1v) is 9.61. The zero-order valence-electron chi connectivity index (χ0n) is 15.9. The van der Waals surface area contributed by atoms with Crippen molar-refractivity contribution in [2.75, 3.05) is 0 Å². The molecule has 0 aliphatic carbocycles. The monoisotopic (exact) mass is 348 g/mol. The minimum absolute atomic E-state index is 0.299. The second kappa shape index (κ2) is 10.9. The summed E-state index contributed by atoms with van der Waals surface area (Å²) >= 11 is 0. The number of hydrogen-bond acceptors (Lipinski definition) is 2. The Balaban J connectivity index is 3.35. The maximum Gasteiger partial charge on any atom is 0.336 e. The normalized spacial score (nSPS) is 10.8. The molecule has 4 heteroatoms. The predicted octanol–water partition coefficient (Wildman–Crippen LogP) is 5.50. The molecule has 1 aromatic carbocycles. The summed E-state index contributed by atoms with van der Waals surface area (Å²) < 4.78 is 0. The summed E-state index contributed by atoms with van der Waals surface area (Å²) in [6, 6.07) is 1.61. The molecule has 0 aliphatic heterocycles. The molecule has 2 N–H and O–H groups in total. The highest BCUT2D eigenvalue weighted by Crippen LogP contribution is 2.28. The number of aromatic carboxylic acids is 2. The molecule has 0 unspecified atom stereocenters. The van der Waals surface area contributed by atoms with Gasteiger partial charge in [-0.2, -0.15) is 0 Å². The van der Waals surface area contributed by atoms with Crippen molar-refractivity contribution >= 4 is 11.9 Å². The summed E-state index contributed by atoms with van der Waals surface area (Å²) in [5.74, 6) is -1.88. The zero-order valence-corrected chi connectivity index (χ0v) is 15.9. The molecule has 0 fully saturated rings. The highest BCUT2D eigenvalue weighted by molar-refractivity contribution is 5.96. The van der Waals surface area contributed by atoms with Crippen LogP contribution < -0.4 is 0 Å². The van der Waals surface area contributed by atoms with E-state index in [0.29, 0.717) is 36.0 Å². The molecular formula is C21H32O4. The van der Waals surface area contributed by atoms with Crippen LogP contribution in [0.15, 0.2) is 6.07 Å². The molecule has 140 valence electrons. The smallest absolute Gasteiger partial charge is 0.336 e. The number of rotatable bonds is 12. The molecule has 0 atom stereocenters. The Morgan fingerprint density at radius 2 is 1.40 bits per heavy atom. The Hall–Kier alpha value is -1.84. The van der Waals surface area contributed by atoms with Crippen LogP contribution in [0.25, 0.3) is 0 Å². The van der Waals surface area contributed by atoms with Gasteiger partial charge in [-0.05, 0) is 48.4 Å². The number of hydrogen-bond donors (Lipinski definition) is 2. The van der Waals surface area contributed by atoms with Gasteiger partial charge in [-0.3, -0.25) is 0 Å². The molecule has 4 nitrogen and oxygen atoms in total. The fourth-order valence-corrected chi connectivity index (χ4v) is 3.48. The second-order valence-electron chi connectivity index (χ2n) is 6.69. The van der Waals surface area contributed by atoms with Gasteiger partial charge in [-0.25, -0.2) is 9.59 Å². The van der Waals surface area contributed by atoms with Crippen LogP contribution in [-0.4, -0.2) is 22.2 Å². The highest BCUT2D eigenvalue weighted by Gasteiger charge is 2.23. The van der Waals surface area contributed by atoms with Crippen molar-refractivity contribution in [3.05, 3.63) is 33.9 Å². The lowest BCUT2D eigenvalue weighted by atomic mass is 9.85. The third-order valence-electron chi connectivity index (χ3n) is 4.62. The van der Waals surface area contributed by atoms with Crippen molar-refractivity contribution in [1.82, 2.24) is 0 Å². The van der Waals surface area contributed by atoms with Gasteiger partial charge in [0.2, 0.25) is 0 Å². The number of benzene rings is 1. The van der Waals surface area contributed by atoms with E-state index in [1.165, 1.54) is 6.42 Å². The van der Waals surface area contributed by atoms with E-state index >= 15 is 0 Å². The maximum absolute atomic E-state index is 11.9. The van der Waals surface area contributed by atoms with Crippen LogP contribution in [0.4, 0.5) is 0 Å². The largest absolute Gasteiger partial charge is 0.478 e. The van der Waals surface area contributed by atoms with E-state index in [4.69, 9.17) is 0 Å². The SMILES string of the molecule is CCCCCCCc1c(C(=O)O)cc(CCC)c(C(=O)O)c1CCC. The Bertz CT molecular complexity index is 590. The Morgan fingerprint density at radius 3 is 1.92 bits per heavy atom. The average Bonchev–Trinajstić information content (AvgIpc) is 2.55. The first-order chi connectivity index (χ1) is 12.0. The predicted molar refractivity (Wildman–Crippen MR) is 101 cm³/mol. The number of aryl methyl sites for hydroxylation is 1. The summed E-state index contributed by atoms with van der Waals surface area (Å²) in [4.78, 5) is 23.7. The average molecular weight is 348 g/mol. The van der Waals surface area contributed by atoms with E-state index in [0.717, 1.165) is 49.7 Å². The molecule has 1 rings (SSSR count). The van der Waals surface area contributed by atoms with Crippen LogP contribution >= 0.6 is 0 Å². The van der Waals surface area contributed by atoms with Crippen LogP contribution in [0.2, 0.25) is 0 Å². The Morgan fingerprint density at radius 1 is 0.760 bits per heavy atom. The van der Waals surface area contributed by atoms with Gasteiger partial charge in [0, 0.05) is 0 Å². The maximum atomic E-state index is 11.9. The zero-order chi connectivity index (χ0) is 18.8. The van der Waals surface area contributed by atoms with E-state index in [1.807, 2.05) is 13.8 Å². The summed E-state index contributed by atoms with van der Waals surface area (Å²) in [7, 11) is 0. The van der Waals surface area contributed by atoms with Gasteiger partial charge in [0.1, 0.15) is 0 Å². The summed E-state index contributed by atoms with van der Waals surface area (Å²) in [6.07, 6.45) is 8.90. The molecule has 0 amide bonds. The van der Waals surface area contributed by atoms with Crippen molar-refractivity contribution < 1.29 is 19.8 Å². The molecule has 0 spiro atoms. The Labute approximate surface area is 151 Å². The highest BCUT2D eigenvalue weighted by atomic mass is 16.4. The van der Waals surface area contributed by atoms with Crippen LogP contribution in [0.1, 0.15) is 103 Å². The van der Waals surface area contributed by atoms with Crippen LogP contribution in [0.3, 0.4) is 0 Å². The lowest BCUT2D eigenvalue weighted by Gasteiger charge is -2.19. The number of carboxylic acid groups (broad SMARTS) is 2. The molecule has 0 heterocycles. The molecule has 25 heavy (non-hydrogen) atoms. The molecule has 0 saturated heterocycles. The van der Waals surface area contributed by atoms with E-state index in [2.05, 4.69) is 6.92 Å². The van der Waals surface area contributed by atoms with Crippen molar-refractivity contribution in [3.8, 4) is 0 Å². The fourth-order valence-electron chi connectivity index (χ4n) is 3.48. The number of carboxylic acids is 2. The topological polar surface area (TPSA) is 74.6 Å². The Kier molecular flexibility index (Phi) is 9.25. The van der Waals surface area contributed by atoms with Gasteiger partial charge in [-0.1, -0.05) is 59.3 Å². The van der Waals surface area contributed by atoms with E-state index < -0.39 is 11.9 Å². The summed E-state index contributed by atoms with van der Waals surface area (Å²) in [6.45, 7) is 6.14. The van der Waals surface area contributed by atoms with Crippen molar-refractivity contribution in [3.63, 3.8) is 0 Å². The fraction of sp³-hybridized carbons (Fsp3) is 0.619. The molecular weight excluding hydrogens is 316 g/mol. The molecule has 0 bridgehead atoms. The molecule has 1 aromatic rings. The van der Waals surface area contributed by atoms with Crippen LogP contribution in [-0.2, 0) is 19.3 Å². The van der Waals surface area contributed by atoms with Crippen molar-refractivity contribution in [1.29, 1.82) is 0 Å². The standard InChI is InChI=1S/C21H32O4/c1-4-7-8-9-10-13-16-17(12-6-3)19(21(24)25)15(11-5-2)14-18(16)20(22)23/h14H,4-13H2,1-3H3,(H,22,23)(H,24,25). The quantitative estimate of drug-likeness (QED) is 0.489. The molecule has 0 saturated carbocycles. The first kappa shape index (κ1) is 21.2. The van der Waals surface area contributed by atoms with Gasteiger partial charge in [0.15, 0.2) is 0 Å². The number of unbranched alkanes of at least 4 members (excludes halogenated alkanes) is 4. The lowest BCUT2D eigenvalue weighted by molar-refractivity contribution is 0.0677. The van der Waals surface area contributed by atoms with Crippen molar-refractivity contribution in [2.24, 2.45) is 0 Å². The first-order valence-electron chi connectivity index (χ1n) is 9.61. The van der Waals surface area contributed by atoms with Gasteiger partial charge in [-0.15, -0.1) is 0 Å². The van der Waals surface area contributed by atoms with Gasteiger partial charge < -0.3 is 10.2 Å². The van der Waals surface area contributed by atoms with Crippen LogP contribution in [0, 0.1) is 0 Å². The number of carbonyl (C=O) groups is 2. The molecule has 0 aliphatic rings.